The zero-order valence-electron chi connectivity index (χ0n) is 9.32. The van der Waals surface area contributed by atoms with Gasteiger partial charge in [-0.25, -0.2) is 0 Å². The topological polar surface area (TPSA) is 43.8 Å². The van der Waals surface area contributed by atoms with Crippen LogP contribution in [0.1, 0.15) is 39.4 Å². The Morgan fingerprint density at radius 2 is 2.07 bits per heavy atom. The van der Waals surface area contributed by atoms with Crippen LogP contribution in [0.4, 0.5) is 5.69 Å². The summed E-state index contributed by atoms with van der Waals surface area (Å²) in [4.78, 5) is 0. The molecule has 0 spiro atoms. The van der Waals surface area contributed by atoms with Crippen LogP contribution in [0, 0.1) is 0 Å². The third-order valence-electron chi connectivity index (χ3n) is 1.97. The van der Waals surface area contributed by atoms with E-state index in [9.17, 15) is 0 Å². The second kappa shape index (κ2) is 4.73. The molecule has 0 unspecified atom stereocenters. The number of hydrogen-bond donors (Lipinski definition) is 1. The Morgan fingerprint density at radius 1 is 1.43 bits per heavy atom. The maximum absolute atomic E-state index is 5.87. The molecule has 0 aliphatic rings. The third kappa shape index (κ3) is 2.67. The predicted molar refractivity (Wildman–Crippen MR) is 63.5 cm³/mol. The highest BCUT2D eigenvalue weighted by Gasteiger charge is 2.11. The van der Waals surface area contributed by atoms with Gasteiger partial charge in [-0.15, -0.1) is 0 Å². The van der Waals surface area contributed by atoms with E-state index in [1.807, 2.05) is 16.4 Å². The molecule has 14 heavy (non-hydrogen) atoms. The van der Waals surface area contributed by atoms with Crippen molar-refractivity contribution in [1.29, 1.82) is 0 Å². The van der Waals surface area contributed by atoms with Crippen LogP contribution in [-0.2, 0) is 5.75 Å². The first-order valence-electron chi connectivity index (χ1n) is 4.95. The van der Waals surface area contributed by atoms with Crippen LogP contribution < -0.4 is 5.73 Å². The summed E-state index contributed by atoms with van der Waals surface area (Å²) in [6.45, 7) is 8.62. The second-order valence-corrected chi connectivity index (χ2v) is 5.51. The van der Waals surface area contributed by atoms with E-state index in [0.717, 1.165) is 17.1 Å². The SMILES string of the molecule is CC(C)SCc1c(N)cnn1C(C)C. The van der Waals surface area contributed by atoms with Crippen LogP contribution >= 0.6 is 11.8 Å². The standard InChI is InChI=1S/C10H19N3S/c1-7(2)13-10(6-14-8(3)4)9(11)5-12-13/h5,7-8H,6,11H2,1-4H3. The van der Waals surface area contributed by atoms with E-state index in [4.69, 9.17) is 5.73 Å². The lowest BCUT2D eigenvalue weighted by Crippen LogP contribution is -2.08. The molecule has 1 aromatic rings. The van der Waals surface area contributed by atoms with E-state index in [0.29, 0.717) is 11.3 Å². The molecule has 3 nitrogen and oxygen atoms in total. The second-order valence-electron chi connectivity index (χ2n) is 3.94. The monoisotopic (exact) mass is 213 g/mol. The van der Waals surface area contributed by atoms with Crippen molar-refractivity contribution < 1.29 is 0 Å². The van der Waals surface area contributed by atoms with Crippen molar-refractivity contribution >= 4 is 17.4 Å². The van der Waals surface area contributed by atoms with Crippen molar-refractivity contribution in [3.05, 3.63) is 11.9 Å². The summed E-state index contributed by atoms with van der Waals surface area (Å²) in [6.07, 6.45) is 1.75. The van der Waals surface area contributed by atoms with Crippen molar-refractivity contribution in [3.63, 3.8) is 0 Å². The number of rotatable bonds is 4. The molecule has 4 heteroatoms. The molecule has 0 saturated carbocycles. The molecule has 0 saturated heterocycles. The van der Waals surface area contributed by atoms with Gasteiger partial charge in [-0.05, 0) is 19.1 Å². The van der Waals surface area contributed by atoms with Gasteiger partial charge in [-0.2, -0.15) is 16.9 Å². The molecular weight excluding hydrogens is 194 g/mol. The number of nitrogens with two attached hydrogens (primary N) is 1. The van der Waals surface area contributed by atoms with Gasteiger partial charge in [-0.3, -0.25) is 4.68 Å². The van der Waals surface area contributed by atoms with Gasteiger partial charge in [0.05, 0.1) is 17.6 Å². The first-order valence-corrected chi connectivity index (χ1v) is 6.00. The molecule has 0 radical (unpaired) electrons. The lowest BCUT2D eigenvalue weighted by atomic mass is 10.3. The average molecular weight is 213 g/mol. The minimum absolute atomic E-state index is 0.384. The van der Waals surface area contributed by atoms with Gasteiger partial charge < -0.3 is 5.73 Å². The lowest BCUT2D eigenvalue weighted by Gasteiger charge is -2.12. The van der Waals surface area contributed by atoms with Crippen LogP contribution in [0.15, 0.2) is 6.20 Å². The molecule has 1 heterocycles. The lowest BCUT2D eigenvalue weighted by molar-refractivity contribution is 0.518. The summed E-state index contributed by atoms with van der Waals surface area (Å²) in [5.74, 6) is 0.946. The van der Waals surface area contributed by atoms with Gasteiger partial charge in [0.1, 0.15) is 0 Å². The fourth-order valence-corrected chi connectivity index (χ4v) is 2.03. The van der Waals surface area contributed by atoms with Gasteiger partial charge in [0, 0.05) is 11.8 Å². The fourth-order valence-electron chi connectivity index (χ4n) is 1.24. The maximum atomic E-state index is 5.87. The highest BCUT2D eigenvalue weighted by atomic mass is 32.2. The van der Waals surface area contributed by atoms with Crippen molar-refractivity contribution in [2.24, 2.45) is 0 Å². The Bertz CT molecular complexity index is 292. The van der Waals surface area contributed by atoms with Crippen LogP contribution in [0.3, 0.4) is 0 Å². The Kier molecular flexibility index (Phi) is 3.86. The highest BCUT2D eigenvalue weighted by Crippen LogP contribution is 2.23. The van der Waals surface area contributed by atoms with Gasteiger partial charge in [0.25, 0.3) is 0 Å². The number of anilines is 1. The predicted octanol–water partition coefficient (Wildman–Crippen LogP) is 2.69. The average Bonchev–Trinajstić information content (AvgIpc) is 2.43. The van der Waals surface area contributed by atoms with E-state index >= 15 is 0 Å². The number of nitrogens with zero attached hydrogens (tertiary/aromatic N) is 2. The number of aromatic nitrogens is 2. The minimum Gasteiger partial charge on any atom is -0.396 e. The zero-order chi connectivity index (χ0) is 10.7. The minimum atomic E-state index is 0.384. The van der Waals surface area contributed by atoms with Crippen molar-refractivity contribution in [2.45, 2.75) is 44.7 Å². The summed E-state index contributed by atoms with van der Waals surface area (Å²) in [6, 6.07) is 0.384. The van der Waals surface area contributed by atoms with Crippen molar-refractivity contribution in [2.75, 3.05) is 5.73 Å². The largest absolute Gasteiger partial charge is 0.396 e. The summed E-state index contributed by atoms with van der Waals surface area (Å²) in [5, 5.41) is 4.90. The molecule has 0 fully saturated rings. The molecule has 0 aliphatic heterocycles. The normalized spacial score (nSPS) is 11.6. The Hall–Kier alpha value is -0.640. The molecule has 0 aromatic carbocycles. The quantitative estimate of drug-likeness (QED) is 0.836. The van der Waals surface area contributed by atoms with E-state index in [-0.39, 0.29) is 0 Å². The molecule has 1 rings (SSSR count). The van der Waals surface area contributed by atoms with E-state index in [2.05, 4.69) is 32.8 Å². The number of hydrogen-bond acceptors (Lipinski definition) is 3. The van der Waals surface area contributed by atoms with Gasteiger partial charge >= 0.3 is 0 Å². The van der Waals surface area contributed by atoms with E-state index in [1.165, 1.54) is 0 Å². The van der Waals surface area contributed by atoms with Crippen molar-refractivity contribution in [3.8, 4) is 0 Å². The van der Waals surface area contributed by atoms with Crippen LogP contribution in [0.5, 0.6) is 0 Å². The number of nitrogen functional groups attached to an aromatic ring is 1. The fraction of sp³-hybridized carbons (Fsp3) is 0.700. The Morgan fingerprint density at radius 3 is 2.57 bits per heavy atom. The number of thioether (sulfide) groups is 1. The maximum Gasteiger partial charge on any atom is 0.0741 e. The van der Waals surface area contributed by atoms with Crippen LogP contribution in [-0.4, -0.2) is 15.0 Å². The smallest absolute Gasteiger partial charge is 0.0741 e. The first-order chi connectivity index (χ1) is 6.52. The van der Waals surface area contributed by atoms with Gasteiger partial charge in [0.2, 0.25) is 0 Å². The van der Waals surface area contributed by atoms with E-state index < -0.39 is 0 Å². The van der Waals surface area contributed by atoms with E-state index in [1.54, 1.807) is 6.20 Å². The van der Waals surface area contributed by atoms with Crippen LogP contribution in [0.25, 0.3) is 0 Å². The third-order valence-corrected chi connectivity index (χ3v) is 3.08. The summed E-state index contributed by atoms with van der Waals surface area (Å²) in [5.41, 5.74) is 7.83. The Labute approximate surface area is 90.1 Å². The molecule has 0 atom stereocenters. The molecule has 0 aliphatic carbocycles. The summed E-state index contributed by atoms with van der Waals surface area (Å²) in [7, 11) is 0. The molecule has 2 N–H and O–H groups in total. The van der Waals surface area contributed by atoms with Gasteiger partial charge in [-0.1, -0.05) is 13.8 Å². The van der Waals surface area contributed by atoms with Crippen LogP contribution in [0.2, 0.25) is 0 Å². The summed E-state index contributed by atoms with van der Waals surface area (Å²) < 4.78 is 2.00. The molecule has 0 bridgehead atoms. The molecular formula is C10H19N3S. The first kappa shape index (κ1) is 11.4. The van der Waals surface area contributed by atoms with Gasteiger partial charge in [0.15, 0.2) is 0 Å². The molecule has 80 valence electrons. The zero-order valence-corrected chi connectivity index (χ0v) is 10.1. The molecule has 1 aromatic heterocycles. The highest BCUT2D eigenvalue weighted by molar-refractivity contribution is 7.99. The molecule has 0 amide bonds. The summed E-state index contributed by atoms with van der Waals surface area (Å²) >= 11 is 1.89. The van der Waals surface area contributed by atoms with Crippen molar-refractivity contribution in [1.82, 2.24) is 9.78 Å². The Balaban J connectivity index is 2.77.